The molecule has 4 rings (SSSR count). The molecule has 206 valence electrons. The second-order valence-corrected chi connectivity index (χ2v) is 11.2. The van der Waals surface area contributed by atoms with Crippen LogP contribution in [0.3, 0.4) is 0 Å². The lowest BCUT2D eigenvalue weighted by Crippen LogP contribution is -2.40. The topological polar surface area (TPSA) is 101 Å². The van der Waals surface area contributed by atoms with E-state index in [9.17, 15) is 13.2 Å². The second kappa shape index (κ2) is 12.8. The molecule has 1 heterocycles. The van der Waals surface area contributed by atoms with Gasteiger partial charge < -0.3 is 9.47 Å². The van der Waals surface area contributed by atoms with Gasteiger partial charge in [-0.3, -0.25) is 14.0 Å². The Kier molecular flexibility index (Phi) is 9.21. The van der Waals surface area contributed by atoms with E-state index in [1.54, 1.807) is 24.3 Å². The zero-order valence-electron chi connectivity index (χ0n) is 22.5. The summed E-state index contributed by atoms with van der Waals surface area (Å²) in [6.07, 6.45) is 1.46. The van der Waals surface area contributed by atoms with E-state index < -0.39 is 22.5 Å². The maximum atomic E-state index is 13.7. The highest BCUT2D eigenvalue weighted by Gasteiger charge is 2.28. The van der Waals surface area contributed by atoms with E-state index in [1.165, 1.54) is 38.0 Å². The minimum atomic E-state index is -4.07. The van der Waals surface area contributed by atoms with Crippen molar-refractivity contribution in [3.63, 3.8) is 0 Å². The van der Waals surface area contributed by atoms with Crippen molar-refractivity contribution in [1.82, 2.24) is 10.3 Å². The van der Waals surface area contributed by atoms with Gasteiger partial charge in [-0.05, 0) is 36.8 Å². The molecule has 1 saturated heterocycles. The standard InChI is InChI=1S/C29H34N4O5S/c1-22-9-12-26(13-10-22)39(35,36)33(25-11-14-27(37-2)28(19-25)38-3)21-29(34)31-30-24-15-17-32(18-16-24)20-23-7-5-4-6-8-23/h4-14,19H,15-18,20-21H2,1-3H3,(H,31,34). The normalized spacial score (nSPS) is 14.0. The Hall–Kier alpha value is -3.89. The molecule has 0 saturated carbocycles. The number of ether oxygens (including phenoxy) is 2. The van der Waals surface area contributed by atoms with Crippen LogP contribution in [0.4, 0.5) is 5.69 Å². The van der Waals surface area contributed by atoms with Crippen molar-refractivity contribution in [3.05, 3.63) is 83.9 Å². The van der Waals surface area contributed by atoms with Gasteiger partial charge in [0.1, 0.15) is 6.54 Å². The largest absolute Gasteiger partial charge is 0.493 e. The summed E-state index contributed by atoms with van der Waals surface area (Å²) in [6.45, 7) is 3.97. The Labute approximate surface area is 230 Å². The summed E-state index contributed by atoms with van der Waals surface area (Å²) in [5.74, 6) is 0.255. The van der Waals surface area contributed by atoms with E-state index in [4.69, 9.17) is 9.47 Å². The van der Waals surface area contributed by atoms with Crippen LogP contribution in [0.25, 0.3) is 0 Å². The number of anilines is 1. The summed E-state index contributed by atoms with van der Waals surface area (Å²) in [5.41, 5.74) is 5.91. The smallest absolute Gasteiger partial charge is 0.264 e. The maximum absolute atomic E-state index is 13.7. The first-order chi connectivity index (χ1) is 18.8. The average molecular weight is 551 g/mol. The molecule has 1 fully saturated rings. The minimum Gasteiger partial charge on any atom is -0.493 e. The van der Waals surface area contributed by atoms with Gasteiger partial charge in [0.05, 0.1) is 24.8 Å². The lowest BCUT2D eigenvalue weighted by Gasteiger charge is -2.27. The summed E-state index contributed by atoms with van der Waals surface area (Å²) in [7, 11) is -1.11. The van der Waals surface area contributed by atoms with Crippen LogP contribution in [0.1, 0.15) is 24.0 Å². The number of sulfonamides is 1. The number of hydrogen-bond donors (Lipinski definition) is 1. The zero-order chi connectivity index (χ0) is 27.8. The minimum absolute atomic E-state index is 0.0767. The Morgan fingerprint density at radius 2 is 1.62 bits per heavy atom. The molecule has 1 aliphatic heterocycles. The van der Waals surface area contributed by atoms with E-state index in [0.29, 0.717) is 11.5 Å². The van der Waals surface area contributed by atoms with Gasteiger partial charge in [0.25, 0.3) is 15.9 Å². The van der Waals surface area contributed by atoms with Crippen molar-refractivity contribution in [1.29, 1.82) is 0 Å². The van der Waals surface area contributed by atoms with Crippen molar-refractivity contribution < 1.29 is 22.7 Å². The molecule has 39 heavy (non-hydrogen) atoms. The maximum Gasteiger partial charge on any atom is 0.264 e. The number of piperidine rings is 1. The van der Waals surface area contributed by atoms with E-state index in [0.717, 1.165) is 48.1 Å². The van der Waals surface area contributed by atoms with Crippen LogP contribution >= 0.6 is 0 Å². The first-order valence-electron chi connectivity index (χ1n) is 12.7. The summed E-state index contributed by atoms with van der Waals surface area (Å²) in [5, 5.41) is 4.32. The number of methoxy groups -OCH3 is 2. The number of amides is 1. The fourth-order valence-corrected chi connectivity index (χ4v) is 5.78. The number of likely N-dealkylation sites (tertiary alicyclic amines) is 1. The molecule has 1 amide bonds. The first kappa shape index (κ1) is 28.1. The molecule has 0 radical (unpaired) electrons. The number of carbonyl (C=O) groups is 1. The van der Waals surface area contributed by atoms with Gasteiger partial charge in [-0.1, -0.05) is 48.0 Å². The van der Waals surface area contributed by atoms with Gasteiger partial charge in [0, 0.05) is 44.3 Å². The molecular formula is C29H34N4O5S. The highest BCUT2D eigenvalue weighted by Crippen LogP contribution is 2.33. The van der Waals surface area contributed by atoms with Crippen LogP contribution in [0, 0.1) is 6.92 Å². The van der Waals surface area contributed by atoms with Gasteiger partial charge in [-0.15, -0.1) is 0 Å². The Bertz CT molecular complexity index is 1400. The van der Waals surface area contributed by atoms with Crippen molar-refractivity contribution >= 4 is 27.3 Å². The number of hydrogen-bond acceptors (Lipinski definition) is 7. The number of hydrazone groups is 1. The molecule has 1 aliphatic rings. The van der Waals surface area contributed by atoms with Crippen molar-refractivity contribution in [3.8, 4) is 11.5 Å². The Balaban J connectivity index is 1.48. The molecule has 9 nitrogen and oxygen atoms in total. The van der Waals surface area contributed by atoms with Crippen molar-refractivity contribution in [2.45, 2.75) is 31.2 Å². The third kappa shape index (κ3) is 7.15. The molecule has 0 aromatic heterocycles. The van der Waals surface area contributed by atoms with Gasteiger partial charge in [-0.25, -0.2) is 13.8 Å². The third-order valence-corrected chi connectivity index (χ3v) is 8.36. The molecule has 0 atom stereocenters. The second-order valence-electron chi connectivity index (χ2n) is 9.34. The Morgan fingerprint density at radius 3 is 2.26 bits per heavy atom. The Morgan fingerprint density at radius 1 is 0.949 bits per heavy atom. The molecule has 0 unspecified atom stereocenters. The number of rotatable bonds is 10. The number of aryl methyl sites for hydroxylation is 1. The van der Waals surface area contributed by atoms with E-state index in [1.807, 2.05) is 25.1 Å². The summed E-state index contributed by atoms with van der Waals surface area (Å²) < 4.78 is 39.0. The van der Waals surface area contributed by atoms with Crippen molar-refractivity contribution in [2.24, 2.45) is 5.10 Å². The fourth-order valence-electron chi connectivity index (χ4n) is 4.36. The molecule has 0 bridgehead atoms. The molecular weight excluding hydrogens is 516 g/mol. The number of nitrogens with one attached hydrogen (secondary N) is 1. The average Bonchev–Trinajstić information content (AvgIpc) is 2.96. The SMILES string of the molecule is COc1ccc(N(CC(=O)NN=C2CCN(Cc3ccccc3)CC2)S(=O)(=O)c2ccc(C)cc2)cc1OC. The van der Waals surface area contributed by atoms with Gasteiger partial charge in [0.15, 0.2) is 11.5 Å². The summed E-state index contributed by atoms with van der Waals surface area (Å²) >= 11 is 0. The third-order valence-electron chi connectivity index (χ3n) is 6.57. The molecule has 3 aromatic carbocycles. The molecule has 10 heteroatoms. The monoisotopic (exact) mass is 550 g/mol. The van der Waals surface area contributed by atoms with Gasteiger partial charge in [-0.2, -0.15) is 5.10 Å². The number of carbonyl (C=O) groups excluding carboxylic acids is 1. The molecule has 0 spiro atoms. The van der Waals surface area contributed by atoms with E-state index in [-0.39, 0.29) is 10.6 Å². The fraction of sp³-hybridized carbons (Fsp3) is 0.310. The number of nitrogens with zero attached hydrogens (tertiary/aromatic N) is 3. The van der Waals surface area contributed by atoms with Crippen molar-refractivity contribution in [2.75, 3.05) is 38.2 Å². The predicted octanol–water partition coefficient (Wildman–Crippen LogP) is 3.98. The molecule has 1 N–H and O–H groups in total. The first-order valence-corrected chi connectivity index (χ1v) is 14.2. The lowest BCUT2D eigenvalue weighted by molar-refractivity contribution is -0.119. The lowest BCUT2D eigenvalue weighted by atomic mass is 10.1. The highest BCUT2D eigenvalue weighted by atomic mass is 32.2. The quantitative estimate of drug-likeness (QED) is 0.384. The van der Waals surface area contributed by atoms with Crippen LogP contribution < -0.4 is 19.2 Å². The van der Waals surface area contributed by atoms with Crippen LogP contribution in [0.15, 0.2) is 82.8 Å². The van der Waals surface area contributed by atoms with Crippen LogP contribution in [0.2, 0.25) is 0 Å². The summed E-state index contributed by atoms with van der Waals surface area (Å²) in [4.78, 5) is 15.4. The van der Waals surface area contributed by atoms with E-state index in [2.05, 4.69) is 27.6 Å². The highest BCUT2D eigenvalue weighted by molar-refractivity contribution is 7.92. The van der Waals surface area contributed by atoms with Crippen LogP contribution in [0.5, 0.6) is 11.5 Å². The van der Waals surface area contributed by atoms with Gasteiger partial charge >= 0.3 is 0 Å². The predicted molar refractivity (Wildman–Crippen MR) is 152 cm³/mol. The number of benzene rings is 3. The molecule has 3 aromatic rings. The van der Waals surface area contributed by atoms with Gasteiger partial charge in [0.2, 0.25) is 0 Å². The summed E-state index contributed by atoms with van der Waals surface area (Å²) in [6, 6.07) is 21.5. The zero-order valence-corrected chi connectivity index (χ0v) is 23.3. The van der Waals surface area contributed by atoms with E-state index >= 15 is 0 Å². The van der Waals surface area contributed by atoms with Crippen LogP contribution in [-0.2, 0) is 21.4 Å². The molecule has 0 aliphatic carbocycles. The van der Waals surface area contributed by atoms with Crippen LogP contribution in [-0.4, -0.2) is 58.8 Å².